The van der Waals surface area contributed by atoms with Crippen LogP contribution in [0.25, 0.3) is 11.3 Å². The van der Waals surface area contributed by atoms with Crippen LogP contribution in [0.5, 0.6) is 0 Å². The molecule has 1 spiro atoms. The summed E-state index contributed by atoms with van der Waals surface area (Å²) in [4.78, 5) is 16.7. The van der Waals surface area contributed by atoms with E-state index in [9.17, 15) is 4.79 Å². The van der Waals surface area contributed by atoms with Crippen LogP contribution in [-0.2, 0) is 18.4 Å². The van der Waals surface area contributed by atoms with Crippen LogP contribution < -0.4 is 5.56 Å². The molecule has 0 radical (unpaired) electrons. The Balaban J connectivity index is 2.06. The lowest BCUT2D eigenvalue weighted by molar-refractivity contribution is 0.283. The highest BCUT2D eigenvalue weighted by Gasteiger charge is 2.42. The number of hydrogen-bond donors (Lipinski definition) is 1. The summed E-state index contributed by atoms with van der Waals surface area (Å²) in [5, 5.41) is 0. The topological polar surface area (TPSA) is 37.8 Å². The van der Waals surface area contributed by atoms with Gasteiger partial charge in [0, 0.05) is 23.1 Å². The van der Waals surface area contributed by atoms with Gasteiger partial charge in [-0.25, -0.2) is 0 Å². The van der Waals surface area contributed by atoms with E-state index < -0.39 is 0 Å². The molecule has 24 heavy (non-hydrogen) atoms. The Labute approximate surface area is 147 Å². The Hall–Kier alpha value is -1.94. The zero-order valence-corrected chi connectivity index (χ0v) is 14.6. The quantitative estimate of drug-likeness (QED) is 0.646. The first-order valence-electron chi connectivity index (χ1n) is 8.73. The van der Waals surface area contributed by atoms with Crippen LogP contribution in [0.15, 0.2) is 41.7 Å². The molecule has 1 heterocycles. The maximum absolute atomic E-state index is 13.3. The third kappa shape index (κ3) is 2.24. The second-order valence-electron chi connectivity index (χ2n) is 7.06. The highest BCUT2D eigenvalue weighted by atomic mass is 32.1. The van der Waals surface area contributed by atoms with Gasteiger partial charge in [0.2, 0.25) is 0 Å². The van der Waals surface area contributed by atoms with Crippen molar-refractivity contribution in [2.45, 2.75) is 50.5 Å². The van der Waals surface area contributed by atoms with Crippen LogP contribution in [0.1, 0.15) is 43.2 Å². The Morgan fingerprint density at radius 1 is 1.25 bits per heavy atom. The predicted molar refractivity (Wildman–Crippen MR) is 100.0 cm³/mol. The van der Waals surface area contributed by atoms with E-state index in [1.165, 1.54) is 24.8 Å². The van der Waals surface area contributed by atoms with E-state index in [1.54, 1.807) is 10.6 Å². The summed E-state index contributed by atoms with van der Waals surface area (Å²) in [5.74, 6) is 0. The fourth-order valence-corrected chi connectivity index (χ4v) is 4.85. The van der Waals surface area contributed by atoms with Crippen LogP contribution in [0.2, 0.25) is 0 Å². The number of aromatic nitrogens is 2. The minimum absolute atomic E-state index is 0.0402. The van der Waals surface area contributed by atoms with Crippen molar-refractivity contribution in [1.29, 1.82) is 0 Å². The molecule has 2 aliphatic carbocycles. The monoisotopic (exact) mass is 338 g/mol. The summed E-state index contributed by atoms with van der Waals surface area (Å²) in [5.41, 5.74) is 4.41. The second kappa shape index (κ2) is 5.85. The summed E-state index contributed by atoms with van der Waals surface area (Å²) in [7, 11) is 0. The van der Waals surface area contributed by atoms with Crippen molar-refractivity contribution in [2.24, 2.45) is 0 Å². The van der Waals surface area contributed by atoms with E-state index in [0.717, 1.165) is 36.1 Å². The molecular formula is C20H22N2OS. The Morgan fingerprint density at radius 2 is 2.00 bits per heavy atom. The molecule has 4 heteroatoms. The molecule has 1 N–H and O–H groups in total. The lowest BCUT2D eigenvalue weighted by atomic mass is 9.62. The second-order valence-corrected chi connectivity index (χ2v) is 7.45. The molecule has 124 valence electrons. The molecule has 1 aromatic carbocycles. The Bertz CT molecular complexity index is 916. The molecule has 4 rings (SSSR count). The number of aromatic amines is 1. The normalized spacial score (nSPS) is 18.0. The summed E-state index contributed by atoms with van der Waals surface area (Å²) in [6.45, 7) is 4.23. The largest absolute Gasteiger partial charge is 0.331 e. The minimum atomic E-state index is -0.0402. The molecule has 0 aliphatic heterocycles. The highest BCUT2D eigenvalue weighted by Crippen LogP contribution is 2.48. The summed E-state index contributed by atoms with van der Waals surface area (Å²) in [6, 6.07) is 8.43. The van der Waals surface area contributed by atoms with Crippen LogP contribution in [-0.4, -0.2) is 9.55 Å². The van der Waals surface area contributed by atoms with Gasteiger partial charge in [0.25, 0.3) is 5.56 Å². The molecule has 1 saturated carbocycles. The van der Waals surface area contributed by atoms with Crippen molar-refractivity contribution < 1.29 is 0 Å². The van der Waals surface area contributed by atoms with Gasteiger partial charge >= 0.3 is 0 Å². The Morgan fingerprint density at radius 3 is 2.75 bits per heavy atom. The number of rotatable bonds is 2. The molecule has 2 aliphatic rings. The third-order valence-corrected chi connectivity index (χ3v) is 5.98. The first-order valence-corrected chi connectivity index (χ1v) is 9.14. The Kier molecular flexibility index (Phi) is 3.80. The highest BCUT2D eigenvalue weighted by molar-refractivity contribution is 7.71. The fourth-order valence-electron chi connectivity index (χ4n) is 4.59. The SMILES string of the molecule is C=CCn1c(=S)[nH]c2c(c1=O)C1(CCCCC1)Cc1ccccc1-2. The van der Waals surface area contributed by atoms with E-state index in [4.69, 9.17) is 12.2 Å². The molecule has 2 aromatic rings. The number of benzene rings is 1. The molecule has 3 nitrogen and oxygen atoms in total. The van der Waals surface area contributed by atoms with Crippen molar-refractivity contribution in [3.05, 3.63) is 63.2 Å². The summed E-state index contributed by atoms with van der Waals surface area (Å²) >= 11 is 5.47. The van der Waals surface area contributed by atoms with Crippen molar-refractivity contribution in [3.8, 4) is 11.3 Å². The first-order chi connectivity index (χ1) is 11.7. The number of H-pyrrole nitrogens is 1. The molecular weight excluding hydrogens is 316 g/mol. The number of fused-ring (bicyclic) bond motifs is 4. The molecule has 0 saturated heterocycles. The molecule has 1 aromatic heterocycles. The third-order valence-electron chi connectivity index (χ3n) is 5.65. The van der Waals surface area contributed by atoms with Gasteiger partial charge in [0.05, 0.1) is 5.69 Å². The molecule has 1 fully saturated rings. The molecule has 0 atom stereocenters. The van der Waals surface area contributed by atoms with E-state index in [2.05, 4.69) is 29.8 Å². The summed E-state index contributed by atoms with van der Waals surface area (Å²) in [6.07, 6.45) is 8.52. The maximum atomic E-state index is 13.3. The van der Waals surface area contributed by atoms with Crippen LogP contribution in [0.3, 0.4) is 0 Å². The van der Waals surface area contributed by atoms with Crippen molar-refractivity contribution in [2.75, 3.05) is 0 Å². The van der Waals surface area contributed by atoms with Crippen LogP contribution in [0.4, 0.5) is 0 Å². The smallest absolute Gasteiger partial charge is 0.258 e. The number of allylic oxidation sites excluding steroid dienone is 1. The average Bonchev–Trinajstić information content (AvgIpc) is 2.59. The fraction of sp³-hybridized carbons (Fsp3) is 0.400. The lowest BCUT2D eigenvalue weighted by Crippen LogP contribution is -2.42. The molecule has 0 amide bonds. The van der Waals surface area contributed by atoms with E-state index in [-0.39, 0.29) is 11.0 Å². The molecule has 0 unspecified atom stereocenters. The van der Waals surface area contributed by atoms with Gasteiger partial charge in [-0.05, 0) is 37.0 Å². The average molecular weight is 338 g/mol. The van der Waals surface area contributed by atoms with Gasteiger partial charge in [-0.3, -0.25) is 9.36 Å². The van der Waals surface area contributed by atoms with Gasteiger partial charge in [0.1, 0.15) is 0 Å². The lowest BCUT2D eigenvalue weighted by Gasteiger charge is -2.42. The minimum Gasteiger partial charge on any atom is -0.331 e. The van der Waals surface area contributed by atoms with Crippen molar-refractivity contribution >= 4 is 12.2 Å². The van der Waals surface area contributed by atoms with E-state index >= 15 is 0 Å². The van der Waals surface area contributed by atoms with E-state index in [0.29, 0.717) is 11.3 Å². The summed E-state index contributed by atoms with van der Waals surface area (Å²) < 4.78 is 2.15. The zero-order valence-electron chi connectivity index (χ0n) is 13.8. The van der Waals surface area contributed by atoms with Crippen molar-refractivity contribution in [3.63, 3.8) is 0 Å². The first kappa shape index (κ1) is 15.6. The van der Waals surface area contributed by atoms with Crippen LogP contribution >= 0.6 is 12.2 Å². The standard InChI is InChI=1S/C20H22N2OS/c1-2-12-22-18(23)16-17(21-19(22)24)15-9-5-4-8-14(15)13-20(16)10-6-3-7-11-20/h2,4-5,8-9H,1,3,6-7,10-13H2,(H,21,24). The maximum Gasteiger partial charge on any atom is 0.258 e. The van der Waals surface area contributed by atoms with Gasteiger partial charge in [-0.1, -0.05) is 49.6 Å². The van der Waals surface area contributed by atoms with Gasteiger partial charge in [-0.2, -0.15) is 0 Å². The zero-order chi connectivity index (χ0) is 16.7. The van der Waals surface area contributed by atoms with Crippen LogP contribution in [0, 0.1) is 4.77 Å². The van der Waals surface area contributed by atoms with E-state index in [1.807, 2.05) is 6.07 Å². The van der Waals surface area contributed by atoms with Gasteiger partial charge in [-0.15, -0.1) is 6.58 Å². The number of hydrogen-bond acceptors (Lipinski definition) is 2. The number of nitrogens with one attached hydrogen (secondary N) is 1. The predicted octanol–water partition coefficient (Wildman–Crippen LogP) is 4.52. The van der Waals surface area contributed by atoms with Crippen molar-refractivity contribution in [1.82, 2.24) is 9.55 Å². The van der Waals surface area contributed by atoms with Gasteiger partial charge in [0.15, 0.2) is 4.77 Å². The van der Waals surface area contributed by atoms with Gasteiger partial charge < -0.3 is 4.98 Å². The number of nitrogens with zero attached hydrogens (tertiary/aromatic N) is 1. The molecule has 0 bridgehead atoms.